The molecule has 0 unspecified atom stereocenters. The number of halogens is 4. The Morgan fingerprint density at radius 2 is 0.704 bits per heavy atom. The lowest BCUT2D eigenvalue weighted by Gasteiger charge is -2.15. The van der Waals surface area contributed by atoms with E-state index in [1.165, 1.54) is 0 Å². The molecule has 1 aliphatic heterocycles. The van der Waals surface area contributed by atoms with Crippen molar-refractivity contribution in [3.05, 3.63) is 42.2 Å². The van der Waals surface area contributed by atoms with Gasteiger partial charge in [-0.05, 0) is 88.0 Å². The number of rotatable bonds is 0. The fourth-order valence-electron chi connectivity index (χ4n) is 2.30. The van der Waals surface area contributed by atoms with Crippen LogP contribution < -0.4 is 18.9 Å². The smallest absolute Gasteiger partial charge is 0.162 e. The van der Waals surface area contributed by atoms with Crippen molar-refractivity contribution in [2.45, 2.75) is 0 Å². The lowest BCUT2D eigenvalue weighted by atomic mass is 10.3. The van der Waals surface area contributed by atoms with Crippen LogP contribution in [0, 0.1) is 0 Å². The molecular weight excluding hydrogens is 616 g/mol. The number of fused-ring (bicyclic) bond motifs is 2. The summed E-state index contributed by atoms with van der Waals surface area (Å²) >= 11 is 13.9. The van der Waals surface area contributed by atoms with Crippen LogP contribution in [-0.4, -0.2) is 39.6 Å². The zero-order valence-corrected chi connectivity index (χ0v) is 20.4. The van der Waals surface area contributed by atoms with Crippen LogP contribution in [0.15, 0.2) is 42.2 Å². The van der Waals surface area contributed by atoms with Crippen LogP contribution in [0.3, 0.4) is 0 Å². The Balaban J connectivity index is 1.78. The molecule has 0 amide bonds. The monoisotopic (exact) mass is 628 g/mol. The van der Waals surface area contributed by atoms with Gasteiger partial charge >= 0.3 is 0 Å². The Hall–Kier alpha value is -0.480. The highest BCUT2D eigenvalue weighted by atomic mass is 79.9. The van der Waals surface area contributed by atoms with Gasteiger partial charge in [-0.15, -0.1) is 0 Å². The van der Waals surface area contributed by atoms with E-state index in [1.54, 1.807) is 0 Å². The van der Waals surface area contributed by atoms with Gasteiger partial charge in [-0.1, -0.05) is 0 Å². The van der Waals surface area contributed by atoms with Gasteiger partial charge in [0.05, 0.1) is 13.2 Å². The van der Waals surface area contributed by atoms with Crippen LogP contribution in [0.1, 0.15) is 0 Å². The highest BCUT2D eigenvalue weighted by Crippen LogP contribution is 2.38. The van der Waals surface area contributed by atoms with Crippen LogP contribution in [0.4, 0.5) is 0 Å². The van der Waals surface area contributed by atoms with Gasteiger partial charge in [-0.25, -0.2) is 0 Å². The third-order valence-corrected chi connectivity index (χ3v) is 7.23. The van der Waals surface area contributed by atoms with Crippen LogP contribution in [0.25, 0.3) is 0 Å². The molecule has 0 aliphatic carbocycles. The Labute approximate surface area is 191 Å². The van der Waals surface area contributed by atoms with Crippen molar-refractivity contribution in [1.29, 1.82) is 0 Å². The topological polar surface area (TPSA) is 46.2 Å². The van der Waals surface area contributed by atoms with E-state index in [0.29, 0.717) is 62.6 Å². The van der Waals surface area contributed by atoms with E-state index in [4.69, 9.17) is 23.7 Å². The molecular formula is C18H16Br4O5. The first kappa shape index (κ1) is 21.2. The third kappa shape index (κ3) is 6.00. The fraction of sp³-hybridized carbons (Fsp3) is 0.333. The number of hydrogen-bond donors (Lipinski definition) is 0. The van der Waals surface area contributed by atoms with Gasteiger partial charge in [-0.3, -0.25) is 0 Å². The Morgan fingerprint density at radius 3 is 1.00 bits per heavy atom. The standard InChI is InChI=1S/C18H16Br4O5/c19-11-7-15-17(9-13(11)21)26-5-6-27-18-10-14(22)12(20)8-16(18)25-4-2-23-1-3-24-15/h7-10H,1-6H2. The van der Waals surface area contributed by atoms with Gasteiger partial charge in [-0.2, -0.15) is 0 Å². The van der Waals surface area contributed by atoms with E-state index in [2.05, 4.69) is 63.7 Å². The van der Waals surface area contributed by atoms with E-state index in [-0.39, 0.29) is 0 Å². The normalized spacial score (nSPS) is 15.6. The van der Waals surface area contributed by atoms with Crippen molar-refractivity contribution in [3.8, 4) is 23.0 Å². The summed E-state index contributed by atoms with van der Waals surface area (Å²) in [5, 5.41) is 0. The molecule has 0 fully saturated rings. The average Bonchev–Trinajstić information content (AvgIpc) is 2.64. The van der Waals surface area contributed by atoms with Crippen molar-refractivity contribution in [2.75, 3.05) is 39.6 Å². The second-order valence-electron chi connectivity index (χ2n) is 5.43. The first-order valence-corrected chi connectivity index (χ1v) is 11.3. The maximum Gasteiger partial charge on any atom is 0.162 e. The molecule has 1 heterocycles. The molecule has 27 heavy (non-hydrogen) atoms. The van der Waals surface area contributed by atoms with Crippen molar-refractivity contribution in [3.63, 3.8) is 0 Å². The second kappa shape index (κ2) is 10.3. The predicted molar refractivity (Wildman–Crippen MR) is 116 cm³/mol. The zero-order valence-electron chi connectivity index (χ0n) is 14.1. The highest BCUT2D eigenvalue weighted by molar-refractivity contribution is 9.13. The van der Waals surface area contributed by atoms with Gasteiger partial charge < -0.3 is 23.7 Å². The van der Waals surface area contributed by atoms with Gasteiger partial charge in [0.1, 0.15) is 26.4 Å². The number of ether oxygens (including phenoxy) is 5. The van der Waals surface area contributed by atoms with Gasteiger partial charge in [0.15, 0.2) is 23.0 Å². The summed E-state index contributed by atoms with van der Waals surface area (Å²) in [6, 6.07) is 7.46. The van der Waals surface area contributed by atoms with Gasteiger partial charge in [0.25, 0.3) is 0 Å². The van der Waals surface area contributed by atoms with Crippen LogP contribution in [0.5, 0.6) is 23.0 Å². The molecule has 2 aromatic rings. The molecule has 146 valence electrons. The lowest BCUT2D eigenvalue weighted by Crippen LogP contribution is -2.12. The minimum atomic E-state index is 0.355. The molecule has 0 saturated heterocycles. The summed E-state index contributed by atoms with van der Waals surface area (Å²) < 4.78 is 32.4. The van der Waals surface area contributed by atoms with Crippen LogP contribution >= 0.6 is 63.7 Å². The molecule has 0 bridgehead atoms. The van der Waals surface area contributed by atoms with E-state index < -0.39 is 0 Å². The lowest BCUT2D eigenvalue weighted by molar-refractivity contribution is 0.0753. The molecule has 3 rings (SSSR count). The van der Waals surface area contributed by atoms with Crippen LogP contribution in [-0.2, 0) is 4.74 Å². The predicted octanol–water partition coefficient (Wildman–Crippen LogP) is 5.98. The quantitative estimate of drug-likeness (QED) is 0.358. The van der Waals surface area contributed by atoms with E-state index in [9.17, 15) is 0 Å². The van der Waals surface area contributed by atoms with Crippen molar-refractivity contribution >= 4 is 63.7 Å². The van der Waals surface area contributed by atoms with Crippen molar-refractivity contribution in [1.82, 2.24) is 0 Å². The molecule has 2 aromatic carbocycles. The summed E-state index contributed by atoms with van der Waals surface area (Å²) in [6.07, 6.45) is 0. The summed E-state index contributed by atoms with van der Waals surface area (Å²) in [5.41, 5.74) is 0. The molecule has 1 aliphatic rings. The minimum Gasteiger partial charge on any atom is -0.487 e. The first-order valence-electron chi connectivity index (χ1n) is 8.11. The van der Waals surface area contributed by atoms with Crippen molar-refractivity contribution in [2.24, 2.45) is 0 Å². The summed E-state index contributed by atoms with van der Waals surface area (Å²) in [7, 11) is 0. The Kier molecular flexibility index (Phi) is 8.13. The van der Waals surface area contributed by atoms with E-state index in [1.807, 2.05) is 24.3 Å². The van der Waals surface area contributed by atoms with Crippen LogP contribution in [0.2, 0.25) is 0 Å². The summed E-state index contributed by atoms with van der Waals surface area (Å²) in [4.78, 5) is 0. The van der Waals surface area contributed by atoms with Gasteiger partial charge in [0.2, 0.25) is 0 Å². The molecule has 9 heteroatoms. The van der Waals surface area contributed by atoms with Crippen molar-refractivity contribution < 1.29 is 23.7 Å². The van der Waals surface area contributed by atoms with E-state index >= 15 is 0 Å². The SMILES string of the molecule is Brc1cc2c(cc1Br)OCCOc1cc(Br)c(Br)cc1OCCOCCO2. The molecule has 0 radical (unpaired) electrons. The fourth-order valence-corrected chi connectivity index (χ4v) is 3.59. The number of benzene rings is 2. The molecule has 0 aromatic heterocycles. The number of hydrogen-bond acceptors (Lipinski definition) is 5. The summed E-state index contributed by atoms with van der Waals surface area (Å²) in [6.45, 7) is 2.43. The average molecular weight is 632 g/mol. The molecule has 0 saturated carbocycles. The third-order valence-electron chi connectivity index (χ3n) is 3.54. The molecule has 0 N–H and O–H groups in total. The largest absolute Gasteiger partial charge is 0.487 e. The Bertz CT molecular complexity index is 734. The zero-order chi connectivity index (χ0) is 19.2. The molecule has 5 nitrogen and oxygen atoms in total. The Morgan fingerprint density at radius 1 is 0.444 bits per heavy atom. The van der Waals surface area contributed by atoms with Gasteiger partial charge in [0, 0.05) is 17.9 Å². The molecule has 0 spiro atoms. The molecule has 0 atom stereocenters. The maximum absolute atomic E-state index is 5.87. The highest BCUT2D eigenvalue weighted by Gasteiger charge is 2.13. The second-order valence-corrected chi connectivity index (χ2v) is 8.85. The van der Waals surface area contributed by atoms with E-state index in [0.717, 1.165) is 17.9 Å². The minimum absolute atomic E-state index is 0.355. The maximum atomic E-state index is 5.87. The first-order chi connectivity index (χ1) is 13.0. The summed E-state index contributed by atoms with van der Waals surface area (Å²) in [5.74, 6) is 2.56.